The maximum absolute atomic E-state index is 12.6. The first-order valence-electron chi connectivity index (χ1n) is 7.92. The zero-order valence-corrected chi connectivity index (χ0v) is 13.5. The van der Waals surface area contributed by atoms with Crippen molar-refractivity contribution in [3.8, 4) is 11.6 Å². The second-order valence-electron chi connectivity index (χ2n) is 5.86. The second kappa shape index (κ2) is 5.93. The summed E-state index contributed by atoms with van der Waals surface area (Å²) in [6.07, 6.45) is 0. The van der Waals surface area contributed by atoms with Gasteiger partial charge in [-0.25, -0.2) is 0 Å². The van der Waals surface area contributed by atoms with Gasteiger partial charge in [0.05, 0.1) is 5.56 Å². The fourth-order valence-electron chi connectivity index (χ4n) is 3.05. The topological polar surface area (TPSA) is 102 Å². The molecule has 6 heteroatoms. The number of anilines is 1. The number of fused-ring (bicyclic) bond motifs is 2. The minimum Gasteiger partial charge on any atom is -0.507 e. The molecule has 4 aromatic rings. The molecule has 0 bridgehead atoms. The summed E-state index contributed by atoms with van der Waals surface area (Å²) in [4.78, 5) is 27.8. The lowest BCUT2D eigenvalue weighted by atomic mass is 10.1. The van der Waals surface area contributed by atoms with E-state index < -0.39 is 11.7 Å². The molecule has 6 nitrogen and oxygen atoms in total. The Bertz CT molecular complexity index is 1180. The van der Waals surface area contributed by atoms with Crippen LogP contribution >= 0.6 is 0 Å². The highest BCUT2D eigenvalue weighted by Gasteiger charge is 2.24. The van der Waals surface area contributed by atoms with Crippen molar-refractivity contribution in [3.63, 3.8) is 0 Å². The molecule has 1 amide bonds. The van der Waals surface area contributed by atoms with Crippen LogP contribution in [0.5, 0.6) is 11.6 Å². The summed E-state index contributed by atoms with van der Waals surface area (Å²) in [6.45, 7) is 0. The predicted molar refractivity (Wildman–Crippen MR) is 98.5 cm³/mol. The van der Waals surface area contributed by atoms with Gasteiger partial charge in [0.2, 0.25) is 5.88 Å². The fourth-order valence-corrected chi connectivity index (χ4v) is 3.05. The van der Waals surface area contributed by atoms with Crippen LogP contribution in [0.3, 0.4) is 0 Å². The number of amides is 1. The first-order valence-corrected chi connectivity index (χ1v) is 7.92. The van der Waals surface area contributed by atoms with Gasteiger partial charge in [0.1, 0.15) is 5.75 Å². The minimum absolute atomic E-state index is 0.0683. The molecule has 4 N–H and O–H groups in total. The van der Waals surface area contributed by atoms with Crippen molar-refractivity contribution < 1.29 is 19.8 Å². The number of para-hydroxylation sites is 1. The number of aromatic amines is 1. The molecule has 0 unspecified atom stereocenters. The average Bonchev–Trinajstić information content (AvgIpc) is 2.97. The van der Waals surface area contributed by atoms with E-state index in [1.807, 2.05) is 0 Å². The Morgan fingerprint density at radius 1 is 0.808 bits per heavy atom. The molecular formula is C20H14N2O4. The molecule has 26 heavy (non-hydrogen) atoms. The van der Waals surface area contributed by atoms with Crippen LogP contribution in [0.15, 0.2) is 60.7 Å². The molecule has 0 saturated carbocycles. The van der Waals surface area contributed by atoms with Crippen molar-refractivity contribution in [2.75, 3.05) is 5.32 Å². The van der Waals surface area contributed by atoms with E-state index in [-0.39, 0.29) is 17.2 Å². The quantitative estimate of drug-likeness (QED) is 0.336. The van der Waals surface area contributed by atoms with E-state index in [9.17, 15) is 19.8 Å². The molecular weight excluding hydrogens is 332 g/mol. The third kappa shape index (κ3) is 2.44. The van der Waals surface area contributed by atoms with Gasteiger partial charge in [-0.3, -0.25) is 9.59 Å². The number of ketones is 1. The monoisotopic (exact) mass is 346 g/mol. The van der Waals surface area contributed by atoms with Gasteiger partial charge in [-0.2, -0.15) is 0 Å². The van der Waals surface area contributed by atoms with E-state index in [1.165, 1.54) is 0 Å². The standard InChI is InChI=1S/C20H14N2O4/c23-16-10-4-6-11-12(16)7-3-9-14(11)22-20(26)18(24)17-13-5-1-2-8-15(13)21-19(17)25/h1-10,21,23,25H,(H,22,26). The van der Waals surface area contributed by atoms with Crippen molar-refractivity contribution in [2.24, 2.45) is 0 Å². The van der Waals surface area contributed by atoms with E-state index in [0.29, 0.717) is 27.4 Å². The van der Waals surface area contributed by atoms with Crippen molar-refractivity contribution in [2.45, 2.75) is 0 Å². The molecule has 0 atom stereocenters. The SMILES string of the molecule is O=C(Nc1cccc2c(O)cccc12)C(=O)c1c(O)[nH]c2ccccc12. The van der Waals surface area contributed by atoms with E-state index in [2.05, 4.69) is 10.3 Å². The fraction of sp³-hybridized carbons (Fsp3) is 0. The molecule has 128 valence electrons. The van der Waals surface area contributed by atoms with E-state index >= 15 is 0 Å². The van der Waals surface area contributed by atoms with Crippen molar-refractivity contribution >= 4 is 39.1 Å². The van der Waals surface area contributed by atoms with Crippen LogP contribution in [-0.2, 0) is 4.79 Å². The molecule has 0 aliphatic carbocycles. The normalized spacial score (nSPS) is 10.9. The molecule has 1 heterocycles. The molecule has 1 aromatic heterocycles. The van der Waals surface area contributed by atoms with Crippen molar-refractivity contribution in [1.82, 2.24) is 4.98 Å². The lowest BCUT2D eigenvalue weighted by Gasteiger charge is -2.09. The molecule has 4 rings (SSSR count). The molecule has 0 fully saturated rings. The summed E-state index contributed by atoms with van der Waals surface area (Å²) in [5, 5.41) is 24.2. The third-order valence-electron chi connectivity index (χ3n) is 4.27. The number of phenolic OH excluding ortho intramolecular Hbond substituents is 1. The summed E-state index contributed by atoms with van der Waals surface area (Å²) in [5.41, 5.74) is 0.897. The van der Waals surface area contributed by atoms with Crippen LogP contribution in [0, 0.1) is 0 Å². The van der Waals surface area contributed by atoms with E-state index in [1.54, 1.807) is 60.7 Å². The molecule has 0 radical (unpaired) electrons. The maximum atomic E-state index is 12.6. The Hall–Kier alpha value is -3.80. The van der Waals surface area contributed by atoms with E-state index in [0.717, 1.165) is 0 Å². The summed E-state index contributed by atoms with van der Waals surface area (Å²) >= 11 is 0. The number of carbonyl (C=O) groups is 2. The number of phenols is 1. The number of benzene rings is 3. The third-order valence-corrected chi connectivity index (χ3v) is 4.27. The number of H-pyrrole nitrogens is 1. The Labute approximate surface area is 147 Å². The van der Waals surface area contributed by atoms with Crippen LogP contribution in [-0.4, -0.2) is 26.9 Å². The number of rotatable bonds is 3. The number of Topliss-reactive ketones (excluding diaryl/α,β-unsaturated/α-hetero) is 1. The first kappa shape index (κ1) is 15.7. The summed E-state index contributed by atoms with van der Waals surface area (Å²) < 4.78 is 0. The Morgan fingerprint density at radius 3 is 2.35 bits per heavy atom. The Balaban J connectivity index is 1.72. The zero-order chi connectivity index (χ0) is 18.3. The highest BCUT2D eigenvalue weighted by Crippen LogP contribution is 2.31. The number of aromatic hydroxyl groups is 2. The van der Waals surface area contributed by atoms with Gasteiger partial charge in [0, 0.05) is 27.4 Å². The predicted octanol–water partition coefficient (Wildman–Crippen LogP) is 3.55. The number of aromatic nitrogens is 1. The van der Waals surface area contributed by atoms with Crippen LogP contribution < -0.4 is 5.32 Å². The summed E-state index contributed by atoms with van der Waals surface area (Å²) in [6, 6.07) is 16.8. The van der Waals surface area contributed by atoms with Crippen LogP contribution in [0.1, 0.15) is 10.4 Å². The van der Waals surface area contributed by atoms with Gasteiger partial charge in [-0.15, -0.1) is 0 Å². The van der Waals surface area contributed by atoms with Crippen molar-refractivity contribution in [3.05, 3.63) is 66.2 Å². The van der Waals surface area contributed by atoms with Crippen LogP contribution in [0.25, 0.3) is 21.7 Å². The van der Waals surface area contributed by atoms with Gasteiger partial charge >= 0.3 is 0 Å². The van der Waals surface area contributed by atoms with Gasteiger partial charge < -0.3 is 20.5 Å². The van der Waals surface area contributed by atoms with Crippen LogP contribution in [0.4, 0.5) is 5.69 Å². The number of hydrogen-bond donors (Lipinski definition) is 4. The van der Waals surface area contributed by atoms with Gasteiger partial charge in [0.15, 0.2) is 0 Å². The lowest BCUT2D eigenvalue weighted by Crippen LogP contribution is -2.22. The van der Waals surface area contributed by atoms with E-state index in [4.69, 9.17) is 0 Å². The number of nitrogens with one attached hydrogen (secondary N) is 2. The second-order valence-corrected chi connectivity index (χ2v) is 5.86. The Morgan fingerprint density at radius 2 is 1.50 bits per heavy atom. The van der Waals surface area contributed by atoms with Gasteiger partial charge in [-0.05, 0) is 18.2 Å². The highest BCUT2D eigenvalue weighted by atomic mass is 16.3. The van der Waals surface area contributed by atoms with Crippen molar-refractivity contribution in [1.29, 1.82) is 0 Å². The smallest absolute Gasteiger partial charge is 0.297 e. The van der Waals surface area contributed by atoms with Crippen LogP contribution in [0.2, 0.25) is 0 Å². The largest absolute Gasteiger partial charge is 0.507 e. The molecule has 3 aromatic carbocycles. The Kier molecular flexibility index (Phi) is 3.58. The van der Waals surface area contributed by atoms with Gasteiger partial charge in [0.25, 0.3) is 11.7 Å². The average molecular weight is 346 g/mol. The maximum Gasteiger partial charge on any atom is 0.297 e. The first-order chi connectivity index (χ1) is 12.6. The summed E-state index contributed by atoms with van der Waals surface area (Å²) in [7, 11) is 0. The molecule has 0 aliphatic rings. The summed E-state index contributed by atoms with van der Waals surface area (Å²) in [5.74, 6) is -1.99. The zero-order valence-electron chi connectivity index (χ0n) is 13.5. The lowest BCUT2D eigenvalue weighted by molar-refractivity contribution is -0.112. The number of carbonyl (C=O) groups excluding carboxylic acids is 2. The molecule has 0 spiro atoms. The molecule has 0 saturated heterocycles. The highest BCUT2D eigenvalue weighted by molar-refractivity contribution is 6.49. The number of hydrogen-bond acceptors (Lipinski definition) is 4. The minimum atomic E-state index is -0.874. The molecule has 0 aliphatic heterocycles. The van der Waals surface area contributed by atoms with Gasteiger partial charge in [-0.1, -0.05) is 42.5 Å².